The van der Waals surface area contributed by atoms with E-state index in [9.17, 15) is 13.2 Å². The Morgan fingerprint density at radius 2 is 1.93 bits per heavy atom. The standard InChI is InChI=1S/C17H24N4O3S3/c1-5-11-25-17-20-19-16(26-17)18-15(22)14(6-2)21(27(4,23)24)13-9-7-12(3)8-10-13/h7-10,14H,5-6,11H2,1-4H3,(H,18,19,22)/t14-/m0/s1. The molecule has 0 bridgehead atoms. The molecule has 10 heteroatoms. The molecular weight excluding hydrogens is 404 g/mol. The maximum Gasteiger partial charge on any atom is 0.250 e. The molecule has 1 heterocycles. The predicted molar refractivity (Wildman–Crippen MR) is 112 cm³/mol. The quantitative estimate of drug-likeness (QED) is 0.485. The summed E-state index contributed by atoms with van der Waals surface area (Å²) in [6, 6.07) is 6.17. The van der Waals surface area contributed by atoms with Crippen molar-refractivity contribution in [3.63, 3.8) is 0 Å². The lowest BCUT2D eigenvalue weighted by Crippen LogP contribution is -2.47. The Bertz CT molecular complexity index is 866. The number of rotatable bonds is 9. The van der Waals surface area contributed by atoms with Gasteiger partial charge < -0.3 is 0 Å². The Morgan fingerprint density at radius 1 is 1.26 bits per heavy atom. The van der Waals surface area contributed by atoms with E-state index in [4.69, 9.17) is 0 Å². The summed E-state index contributed by atoms with van der Waals surface area (Å²) in [7, 11) is -3.65. The number of aryl methyl sites for hydroxylation is 1. The SMILES string of the molecule is CCCSc1nnc(NC(=O)[C@H](CC)N(c2ccc(C)cc2)S(C)(=O)=O)s1. The summed E-state index contributed by atoms with van der Waals surface area (Å²) in [5.41, 5.74) is 1.47. The molecule has 1 N–H and O–H groups in total. The van der Waals surface area contributed by atoms with Crippen LogP contribution >= 0.6 is 23.1 Å². The van der Waals surface area contributed by atoms with Crippen LogP contribution in [0.4, 0.5) is 10.8 Å². The lowest BCUT2D eigenvalue weighted by atomic mass is 10.1. The average Bonchev–Trinajstić information content (AvgIpc) is 3.05. The number of anilines is 2. The van der Waals surface area contributed by atoms with Crippen molar-refractivity contribution in [3.05, 3.63) is 29.8 Å². The zero-order chi connectivity index (χ0) is 20.0. The van der Waals surface area contributed by atoms with Crippen LogP contribution in [-0.2, 0) is 14.8 Å². The fraction of sp³-hybridized carbons (Fsp3) is 0.471. The van der Waals surface area contributed by atoms with Gasteiger partial charge in [-0.15, -0.1) is 10.2 Å². The second kappa shape index (κ2) is 9.52. The van der Waals surface area contributed by atoms with Crippen molar-refractivity contribution in [3.8, 4) is 0 Å². The van der Waals surface area contributed by atoms with Gasteiger partial charge in [0.25, 0.3) is 0 Å². The number of carbonyl (C=O) groups excluding carboxylic acids is 1. The molecule has 0 radical (unpaired) electrons. The first-order chi connectivity index (χ1) is 12.8. The monoisotopic (exact) mass is 428 g/mol. The minimum Gasteiger partial charge on any atom is -0.299 e. The first kappa shape index (κ1) is 21.6. The molecule has 0 saturated heterocycles. The van der Waals surface area contributed by atoms with Crippen LogP contribution in [0.25, 0.3) is 0 Å². The normalized spacial score (nSPS) is 12.6. The van der Waals surface area contributed by atoms with Crippen LogP contribution in [0.15, 0.2) is 28.6 Å². The average molecular weight is 429 g/mol. The minimum absolute atomic E-state index is 0.322. The van der Waals surface area contributed by atoms with Crippen molar-refractivity contribution >= 4 is 49.8 Å². The molecule has 1 atom stereocenters. The number of amides is 1. The highest BCUT2D eigenvalue weighted by molar-refractivity contribution is 8.01. The van der Waals surface area contributed by atoms with Gasteiger partial charge >= 0.3 is 0 Å². The van der Waals surface area contributed by atoms with Crippen molar-refractivity contribution in [1.29, 1.82) is 0 Å². The van der Waals surface area contributed by atoms with Crippen molar-refractivity contribution in [2.45, 2.75) is 44.0 Å². The molecule has 0 unspecified atom stereocenters. The van der Waals surface area contributed by atoms with E-state index in [1.807, 2.05) is 19.1 Å². The number of sulfonamides is 1. The summed E-state index contributed by atoms with van der Waals surface area (Å²) in [4.78, 5) is 12.8. The van der Waals surface area contributed by atoms with E-state index in [0.717, 1.165) is 32.6 Å². The van der Waals surface area contributed by atoms with Crippen LogP contribution in [0.1, 0.15) is 32.3 Å². The van der Waals surface area contributed by atoms with Gasteiger partial charge in [-0.25, -0.2) is 8.42 Å². The summed E-state index contributed by atoms with van der Waals surface area (Å²) >= 11 is 2.87. The molecule has 1 aromatic carbocycles. The van der Waals surface area contributed by atoms with E-state index >= 15 is 0 Å². The van der Waals surface area contributed by atoms with Gasteiger partial charge in [-0.3, -0.25) is 14.4 Å². The molecule has 0 saturated carbocycles. The van der Waals surface area contributed by atoms with Gasteiger partial charge in [0.2, 0.25) is 21.1 Å². The molecule has 0 spiro atoms. The number of hydrogen-bond acceptors (Lipinski definition) is 7. The summed E-state index contributed by atoms with van der Waals surface area (Å²) in [5, 5.41) is 11.1. The number of aromatic nitrogens is 2. The van der Waals surface area contributed by atoms with Gasteiger partial charge in [0.05, 0.1) is 11.9 Å². The van der Waals surface area contributed by atoms with Gasteiger partial charge in [0.15, 0.2) is 4.34 Å². The molecule has 0 aliphatic heterocycles. The Hall–Kier alpha value is -1.65. The van der Waals surface area contributed by atoms with E-state index in [0.29, 0.717) is 17.2 Å². The zero-order valence-corrected chi connectivity index (χ0v) is 18.2. The third-order valence-electron chi connectivity index (χ3n) is 3.68. The summed E-state index contributed by atoms with van der Waals surface area (Å²) < 4.78 is 26.8. The maximum atomic E-state index is 12.8. The number of hydrogen-bond donors (Lipinski definition) is 1. The molecule has 2 rings (SSSR count). The van der Waals surface area contributed by atoms with Crippen LogP contribution in [0.2, 0.25) is 0 Å². The van der Waals surface area contributed by atoms with E-state index < -0.39 is 22.0 Å². The van der Waals surface area contributed by atoms with Crippen LogP contribution < -0.4 is 9.62 Å². The van der Waals surface area contributed by atoms with Gasteiger partial charge in [0, 0.05) is 5.75 Å². The van der Waals surface area contributed by atoms with Crippen LogP contribution in [-0.4, -0.2) is 42.6 Å². The topological polar surface area (TPSA) is 92.3 Å². The molecule has 1 aromatic heterocycles. The number of nitrogens with zero attached hydrogens (tertiary/aromatic N) is 3. The fourth-order valence-electron chi connectivity index (χ4n) is 2.45. The second-order valence-corrected chi connectivity index (χ2v) is 10.2. The summed E-state index contributed by atoms with van der Waals surface area (Å²) in [6.45, 7) is 5.77. The molecule has 0 fully saturated rings. The van der Waals surface area contributed by atoms with Crippen LogP contribution in [0, 0.1) is 6.92 Å². The molecule has 148 valence electrons. The Balaban J connectivity index is 2.24. The third kappa shape index (κ3) is 5.91. The molecule has 0 aliphatic carbocycles. The van der Waals surface area contributed by atoms with Crippen molar-refractivity contribution in [2.24, 2.45) is 0 Å². The highest BCUT2D eigenvalue weighted by Crippen LogP contribution is 2.27. The largest absolute Gasteiger partial charge is 0.299 e. The number of thioether (sulfide) groups is 1. The molecule has 27 heavy (non-hydrogen) atoms. The first-order valence-corrected chi connectivity index (χ1v) is 12.2. The number of nitrogens with one attached hydrogen (secondary N) is 1. The predicted octanol–water partition coefficient (Wildman–Crippen LogP) is 3.53. The van der Waals surface area contributed by atoms with Gasteiger partial charge in [-0.1, -0.05) is 54.6 Å². The Morgan fingerprint density at radius 3 is 2.48 bits per heavy atom. The highest BCUT2D eigenvalue weighted by Gasteiger charge is 2.32. The second-order valence-electron chi connectivity index (χ2n) is 6.03. The highest BCUT2D eigenvalue weighted by atomic mass is 32.2. The molecular formula is C17H24N4O3S3. The zero-order valence-electron chi connectivity index (χ0n) is 15.8. The lowest BCUT2D eigenvalue weighted by Gasteiger charge is -2.29. The Labute approximate surface area is 168 Å². The molecule has 7 nitrogen and oxygen atoms in total. The van der Waals surface area contributed by atoms with E-state index in [2.05, 4.69) is 22.4 Å². The maximum absolute atomic E-state index is 12.8. The summed E-state index contributed by atoms with van der Waals surface area (Å²) in [6.07, 6.45) is 2.44. The van der Waals surface area contributed by atoms with Crippen molar-refractivity contribution in [2.75, 3.05) is 21.6 Å². The summed E-state index contributed by atoms with van der Waals surface area (Å²) in [5.74, 6) is 0.502. The smallest absolute Gasteiger partial charge is 0.250 e. The molecule has 0 aliphatic rings. The van der Waals surface area contributed by atoms with Crippen LogP contribution in [0.3, 0.4) is 0 Å². The minimum atomic E-state index is -3.65. The fourth-order valence-corrected chi connectivity index (χ4v) is 5.34. The lowest BCUT2D eigenvalue weighted by molar-refractivity contribution is -0.117. The Kier molecular flexibility index (Phi) is 7.63. The number of carbonyl (C=O) groups is 1. The van der Waals surface area contributed by atoms with Crippen LogP contribution in [0.5, 0.6) is 0 Å². The molecule has 1 amide bonds. The van der Waals surface area contributed by atoms with Gasteiger partial charge in [-0.05, 0) is 31.9 Å². The van der Waals surface area contributed by atoms with E-state index in [1.54, 1.807) is 30.8 Å². The number of benzene rings is 1. The molecule has 2 aromatic rings. The van der Waals surface area contributed by atoms with Gasteiger partial charge in [0.1, 0.15) is 6.04 Å². The van der Waals surface area contributed by atoms with E-state index in [1.165, 1.54) is 11.3 Å². The third-order valence-corrected chi connectivity index (χ3v) is 7.04. The first-order valence-electron chi connectivity index (χ1n) is 8.59. The van der Waals surface area contributed by atoms with Crippen molar-refractivity contribution in [1.82, 2.24) is 10.2 Å². The van der Waals surface area contributed by atoms with Gasteiger partial charge in [-0.2, -0.15) is 0 Å². The van der Waals surface area contributed by atoms with E-state index in [-0.39, 0.29) is 0 Å². The van der Waals surface area contributed by atoms with Crippen molar-refractivity contribution < 1.29 is 13.2 Å².